The van der Waals surface area contributed by atoms with Gasteiger partial charge in [0.2, 0.25) is 5.09 Å². The van der Waals surface area contributed by atoms with Crippen molar-refractivity contribution in [3.63, 3.8) is 0 Å². The lowest BCUT2D eigenvalue weighted by molar-refractivity contribution is 0.185. The van der Waals surface area contributed by atoms with Crippen LogP contribution in [-0.2, 0) is 27.9 Å². The maximum atomic E-state index is 11.1. The van der Waals surface area contributed by atoms with E-state index in [0.29, 0.717) is 18.9 Å². The Balaban J connectivity index is 2.13. The van der Waals surface area contributed by atoms with Gasteiger partial charge in [0.15, 0.2) is 0 Å². The molecule has 2 rings (SSSR count). The Labute approximate surface area is 131 Å². The van der Waals surface area contributed by atoms with E-state index in [0.717, 1.165) is 15.7 Å². The first-order chi connectivity index (χ1) is 9.91. The number of benzene rings is 1. The summed E-state index contributed by atoms with van der Waals surface area (Å²) in [4.78, 5) is 0. The zero-order valence-corrected chi connectivity index (χ0v) is 13.7. The third-order valence-corrected chi connectivity index (χ3v) is 4.30. The van der Waals surface area contributed by atoms with Gasteiger partial charge in [-0.3, -0.25) is 0 Å². The summed E-state index contributed by atoms with van der Waals surface area (Å²) < 4.78 is 33.6. The normalized spacial score (nSPS) is 11.6. The van der Waals surface area contributed by atoms with E-state index in [-0.39, 0.29) is 5.09 Å². The van der Waals surface area contributed by atoms with E-state index in [2.05, 4.69) is 21.2 Å². The number of hydrogen-bond donors (Lipinski definition) is 2. The van der Waals surface area contributed by atoms with Gasteiger partial charge in [-0.2, -0.15) is 0 Å². The van der Waals surface area contributed by atoms with E-state index in [1.165, 1.54) is 6.07 Å². The second kappa shape index (κ2) is 6.61. The third kappa shape index (κ3) is 4.07. The molecule has 3 N–H and O–H groups in total. The lowest BCUT2D eigenvalue weighted by Crippen LogP contribution is -2.10. The number of anilines is 1. The highest BCUT2D eigenvalue weighted by atomic mass is 79.9. The van der Waals surface area contributed by atoms with Gasteiger partial charge < -0.3 is 14.5 Å². The van der Waals surface area contributed by atoms with Crippen molar-refractivity contribution in [1.82, 2.24) is 0 Å². The molecule has 0 saturated heterocycles. The lowest BCUT2D eigenvalue weighted by atomic mass is 10.2. The average Bonchev–Trinajstić information content (AvgIpc) is 2.88. The molecule has 0 aliphatic heterocycles. The van der Waals surface area contributed by atoms with Crippen molar-refractivity contribution in [3.05, 3.63) is 46.1 Å². The molecular formula is C13H15BrN2O4S. The fourth-order valence-corrected chi connectivity index (χ4v) is 2.77. The van der Waals surface area contributed by atoms with E-state index in [9.17, 15) is 8.42 Å². The smallest absolute Gasteiger partial charge is 0.271 e. The van der Waals surface area contributed by atoms with Gasteiger partial charge in [-0.1, -0.05) is 22.0 Å². The number of primary sulfonamides is 1. The van der Waals surface area contributed by atoms with Crippen molar-refractivity contribution >= 4 is 31.6 Å². The number of nitrogens with two attached hydrogens (primary N) is 1. The van der Waals surface area contributed by atoms with Crippen molar-refractivity contribution in [2.75, 3.05) is 12.4 Å². The number of hydrogen-bond acceptors (Lipinski definition) is 5. The number of halogens is 1. The van der Waals surface area contributed by atoms with Crippen LogP contribution in [0.15, 0.2) is 44.3 Å². The Morgan fingerprint density at radius 1 is 1.33 bits per heavy atom. The maximum absolute atomic E-state index is 11.1. The van der Waals surface area contributed by atoms with Crippen molar-refractivity contribution in [1.29, 1.82) is 0 Å². The predicted molar refractivity (Wildman–Crippen MR) is 82.3 cm³/mol. The minimum Gasteiger partial charge on any atom is -0.446 e. The molecule has 0 aliphatic carbocycles. The molecule has 2 aromatic rings. The fourth-order valence-electron chi connectivity index (χ4n) is 1.80. The van der Waals surface area contributed by atoms with Crippen LogP contribution in [0.4, 0.5) is 5.69 Å². The van der Waals surface area contributed by atoms with Crippen LogP contribution in [-0.4, -0.2) is 15.5 Å². The fraction of sp³-hybridized carbons (Fsp3) is 0.231. The molecule has 0 spiro atoms. The van der Waals surface area contributed by atoms with Gasteiger partial charge in [0.25, 0.3) is 10.0 Å². The topological polar surface area (TPSA) is 94.6 Å². The van der Waals surface area contributed by atoms with E-state index >= 15 is 0 Å². The van der Waals surface area contributed by atoms with Gasteiger partial charge in [-0.25, -0.2) is 13.6 Å². The minimum atomic E-state index is -3.81. The molecule has 0 radical (unpaired) electrons. The summed E-state index contributed by atoms with van der Waals surface area (Å²) in [6.07, 6.45) is 0. The molecule has 0 bridgehead atoms. The number of sulfonamides is 1. The molecule has 0 atom stereocenters. The maximum Gasteiger partial charge on any atom is 0.271 e. The number of ether oxygens (including phenoxy) is 1. The highest BCUT2D eigenvalue weighted by Gasteiger charge is 2.13. The Morgan fingerprint density at radius 2 is 2.10 bits per heavy atom. The molecule has 6 nitrogen and oxygen atoms in total. The molecule has 0 saturated carbocycles. The Morgan fingerprint density at radius 3 is 2.71 bits per heavy atom. The zero-order chi connectivity index (χ0) is 15.5. The molecule has 0 fully saturated rings. The summed E-state index contributed by atoms with van der Waals surface area (Å²) in [6.45, 7) is 0.785. The first-order valence-corrected chi connectivity index (χ1v) is 8.37. The largest absolute Gasteiger partial charge is 0.446 e. The van der Waals surface area contributed by atoms with Crippen molar-refractivity contribution in [2.45, 2.75) is 18.2 Å². The van der Waals surface area contributed by atoms with Gasteiger partial charge in [0.1, 0.15) is 5.76 Å². The van der Waals surface area contributed by atoms with Crippen molar-refractivity contribution in [3.8, 4) is 0 Å². The highest BCUT2D eigenvalue weighted by molar-refractivity contribution is 9.10. The summed E-state index contributed by atoms with van der Waals surface area (Å²) >= 11 is 3.47. The Hall–Kier alpha value is -1.35. The van der Waals surface area contributed by atoms with E-state index < -0.39 is 10.0 Å². The number of methoxy groups -OCH3 is 1. The number of nitrogens with one attached hydrogen (secondary N) is 1. The van der Waals surface area contributed by atoms with Crippen LogP contribution < -0.4 is 10.5 Å². The van der Waals surface area contributed by atoms with Gasteiger partial charge >= 0.3 is 0 Å². The van der Waals surface area contributed by atoms with Crippen LogP contribution in [0.2, 0.25) is 0 Å². The summed E-state index contributed by atoms with van der Waals surface area (Å²) in [5.41, 5.74) is 1.85. The van der Waals surface area contributed by atoms with Gasteiger partial charge in [-0.05, 0) is 24.3 Å². The molecular weight excluding hydrogens is 360 g/mol. The minimum absolute atomic E-state index is 0.245. The molecule has 1 aromatic carbocycles. The summed E-state index contributed by atoms with van der Waals surface area (Å²) in [5.74, 6) is 0.474. The standard InChI is InChI=1S/C13H15BrN2O4S/c1-19-8-10-11(14)3-2-4-12(10)16-7-9-5-6-13(20-9)21(15,17)18/h2-6,16H,7-8H2,1H3,(H2,15,17,18). The van der Waals surface area contributed by atoms with Gasteiger partial charge in [0.05, 0.1) is 13.2 Å². The number of rotatable bonds is 6. The van der Waals surface area contributed by atoms with Crippen LogP contribution >= 0.6 is 15.9 Å². The Bertz CT molecular complexity index is 728. The molecule has 1 heterocycles. The first kappa shape index (κ1) is 16.0. The number of furan rings is 1. The van der Waals surface area contributed by atoms with Crippen LogP contribution in [0.25, 0.3) is 0 Å². The highest BCUT2D eigenvalue weighted by Crippen LogP contribution is 2.26. The van der Waals surface area contributed by atoms with Gasteiger partial charge in [0, 0.05) is 22.8 Å². The summed E-state index contributed by atoms with van der Waals surface area (Å²) in [5, 5.41) is 7.93. The monoisotopic (exact) mass is 374 g/mol. The van der Waals surface area contributed by atoms with Crippen LogP contribution in [0.5, 0.6) is 0 Å². The van der Waals surface area contributed by atoms with Gasteiger partial charge in [-0.15, -0.1) is 0 Å². The molecule has 8 heteroatoms. The third-order valence-electron chi connectivity index (χ3n) is 2.78. The van der Waals surface area contributed by atoms with Crippen LogP contribution in [0.3, 0.4) is 0 Å². The second-order valence-corrected chi connectivity index (χ2v) is 6.66. The average molecular weight is 375 g/mol. The van der Waals surface area contributed by atoms with E-state index in [1.807, 2.05) is 18.2 Å². The first-order valence-electron chi connectivity index (χ1n) is 6.03. The van der Waals surface area contributed by atoms with Crippen LogP contribution in [0.1, 0.15) is 11.3 Å². The zero-order valence-electron chi connectivity index (χ0n) is 11.3. The summed E-state index contributed by atoms with van der Waals surface area (Å²) in [7, 11) is -2.19. The molecule has 0 aliphatic rings. The van der Waals surface area contributed by atoms with E-state index in [4.69, 9.17) is 14.3 Å². The SMILES string of the molecule is COCc1c(Br)cccc1NCc1ccc(S(N)(=O)=O)o1. The quantitative estimate of drug-likeness (QED) is 0.809. The van der Waals surface area contributed by atoms with Crippen molar-refractivity contribution < 1.29 is 17.6 Å². The van der Waals surface area contributed by atoms with Crippen LogP contribution in [0, 0.1) is 0 Å². The molecule has 114 valence electrons. The second-order valence-electron chi connectivity index (χ2n) is 4.32. The van der Waals surface area contributed by atoms with E-state index in [1.54, 1.807) is 13.2 Å². The molecule has 0 amide bonds. The molecule has 21 heavy (non-hydrogen) atoms. The molecule has 0 unspecified atom stereocenters. The summed E-state index contributed by atoms with van der Waals surface area (Å²) in [6, 6.07) is 8.63. The van der Waals surface area contributed by atoms with Crippen molar-refractivity contribution in [2.24, 2.45) is 5.14 Å². The lowest BCUT2D eigenvalue weighted by Gasteiger charge is -2.12. The predicted octanol–water partition coefficient (Wildman–Crippen LogP) is 2.45. The molecule has 1 aromatic heterocycles. The Kier molecular flexibility index (Phi) is 5.04.